The van der Waals surface area contributed by atoms with Crippen molar-refractivity contribution >= 4 is 40.7 Å². The largest absolute Gasteiger partial charge is 0.351 e. The van der Waals surface area contributed by atoms with Crippen molar-refractivity contribution in [2.45, 2.75) is 39.2 Å². The van der Waals surface area contributed by atoms with Crippen LogP contribution in [0.15, 0.2) is 17.2 Å². The van der Waals surface area contributed by atoms with E-state index in [0.29, 0.717) is 24.3 Å². The fraction of sp³-hybridized carbons (Fsp3) is 0.500. The summed E-state index contributed by atoms with van der Waals surface area (Å²) in [4.78, 5) is 48.7. The van der Waals surface area contributed by atoms with Gasteiger partial charge in [-0.25, -0.2) is 9.97 Å². The van der Waals surface area contributed by atoms with Gasteiger partial charge in [0.15, 0.2) is 11.6 Å². The van der Waals surface area contributed by atoms with E-state index in [9.17, 15) is 14.4 Å². The molecule has 0 bridgehead atoms. The maximum absolute atomic E-state index is 13.4. The lowest BCUT2D eigenvalue weighted by Gasteiger charge is -2.18. The van der Waals surface area contributed by atoms with E-state index >= 15 is 0 Å². The van der Waals surface area contributed by atoms with E-state index in [1.807, 2.05) is 7.05 Å². The van der Waals surface area contributed by atoms with Crippen molar-refractivity contribution in [3.8, 4) is 0 Å². The zero-order chi connectivity index (χ0) is 23.5. The van der Waals surface area contributed by atoms with E-state index in [-0.39, 0.29) is 45.6 Å². The molecule has 0 spiro atoms. The van der Waals surface area contributed by atoms with Crippen LogP contribution in [0.1, 0.15) is 41.7 Å². The molecule has 1 saturated carbocycles. The summed E-state index contributed by atoms with van der Waals surface area (Å²) in [5.41, 5.74) is 0.925. The van der Waals surface area contributed by atoms with Crippen molar-refractivity contribution in [1.29, 1.82) is 0 Å². The lowest BCUT2D eigenvalue weighted by molar-refractivity contribution is -0.117. The van der Waals surface area contributed by atoms with Crippen molar-refractivity contribution in [3.05, 3.63) is 39.0 Å². The van der Waals surface area contributed by atoms with E-state index in [0.717, 1.165) is 38.8 Å². The van der Waals surface area contributed by atoms with E-state index in [1.165, 1.54) is 10.9 Å². The highest BCUT2D eigenvalue weighted by molar-refractivity contribution is 6.35. The maximum atomic E-state index is 13.4. The Kier molecular flexibility index (Phi) is 6.94. The number of carbonyl (C=O) groups is 2. The van der Waals surface area contributed by atoms with Gasteiger partial charge in [-0.1, -0.05) is 11.6 Å². The fourth-order valence-corrected chi connectivity index (χ4v) is 4.08. The normalized spacial score (nSPS) is 17.5. The van der Waals surface area contributed by atoms with Crippen LogP contribution in [0.25, 0.3) is 0 Å². The molecular formula is C22H28ClN7O3. The molecule has 1 aliphatic carbocycles. The van der Waals surface area contributed by atoms with Crippen LogP contribution in [-0.4, -0.2) is 57.9 Å². The molecule has 2 aromatic heterocycles. The molecule has 3 heterocycles. The standard InChI is InChI=1S/C22H28ClN7O3/c1-13-11-15(27-18-16(23)19(26-12-25-18)28-20(31)14-5-6-14)22(33)30-10-4-9-29(2)8-3-7-24-21(32)17(13)30/h11-12,14H,3-10H2,1-2H3,(H,24,32)(H2,25,26,27,28,31). The third-order valence-corrected chi connectivity index (χ3v) is 6.21. The molecule has 11 heteroatoms. The monoisotopic (exact) mass is 473 g/mol. The van der Waals surface area contributed by atoms with Gasteiger partial charge >= 0.3 is 0 Å². The number of aryl methyl sites for hydroxylation is 1. The molecule has 1 aliphatic heterocycles. The van der Waals surface area contributed by atoms with Gasteiger partial charge in [-0.3, -0.25) is 14.4 Å². The average Bonchev–Trinajstić information content (AvgIpc) is 3.62. The number of aromatic nitrogens is 3. The summed E-state index contributed by atoms with van der Waals surface area (Å²) in [5, 5.41) is 8.73. The summed E-state index contributed by atoms with van der Waals surface area (Å²) in [6.45, 7) is 4.44. The summed E-state index contributed by atoms with van der Waals surface area (Å²) >= 11 is 6.43. The minimum atomic E-state index is -0.342. The predicted molar refractivity (Wildman–Crippen MR) is 126 cm³/mol. The predicted octanol–water partition coefficient (Wildman–Crippen LogP) is 2.15. The van der Waals surface area contributed by atoms with Gasteiger partial charge in [0, 0.05) is 19.0 Å². The van der Waals surface area contributed by atoms with Crippen molar-refractivity contribution in [1.82, 2.24) is 24.8 Å². The topological polar surface area (TPSA) is 121 Å². The Balaban J connectivity index is 1.65. The third kappa shape index (κ3) is 5.33. The molecule has 2 aliphatic rings. The molecule has 0 unspecified atom stereocenters. The molecule has 1 fully saturated rings. The second-order valence-corrected chi connectivity index (χ2v) is 8.96. The summed E-state index contributed by atoms with van der Waals surface area (Å²) in [6.07, 6.45) is 4.56. The molecule has 0 aromatic carbocycles. The van der Waals surface area contributed by atoms with Crippen LogP contribution in [0.4, 0.5) is 17.3 Å². The number of hydrogen-bond acceptors (Lipinski definition) is 7. The quantitative estimate of drug-likeness (QED) is 0.622. The van der Waals surface area contributed by atoms with Gasteiger partial charge in [-0.2, -0.15) is 0 Å². The Morgan fingerprint density at radius 3 is 2.64 bits per heavy atom. The molecule has 2 aromatic rings. The van der Waals surface area contributed by atoms with Crippen LogP contribution in [0.3, 0.4) is 0 Å². The zero-order valence-corrected chi connectivity index (χ0v) is 19.5. The van der Waals surface area contributed by atoms with E-state index in [1.54, 1.807) is 13.0 Å². The Labute approximate surface area is 196 Å². The third-order valence-electron chi connectivity index (χ3n) is 5.85. The van der Waals surface area contributed by atoms with Crippen molar-refractivity contribution in [3.63, 3.8) is 0 Å². The first-order valence-electron chi connectivity index (χ1n) is 11.1. The van der Waals surface area contributed by atoms with E-state index in [2.05, 4.69) is 30.8 Å². The minimum Gasteiger partial charge on any atom is -0.351 e. The van der Waals surface area contributed by atoms with Crippen LogP contribution in [0.5, 0.6) is 0 Å². The number of nitrogens with one attached hydrogen (secondary N) is 3. The smallest absolute Gasteiger partial charge is 0.274 e. The number of pyridine rings is 1. The van der Waals surface area contributed by atoms with Crippen LogP contribution < -0.4 is 21.5 Å². The van der Waals surface area contributed by atoms with Crippen molar-refractivity contribution < 1.29 is 9.59 Å². The van der Waals surface area contributed by atoms with Gasteiger partial charge < -0.3 is 25.4 Å². The Hall–Kier alpha value is -2.98. The molecular weight excluding hydrogens is 446 g/mol. The van der Waals surface area contributed by atoms with Crippen LogP contribution in [0, 0.1) is 12.8 Å². The molecule has 0 saturated heterocycles. The lowest BCUT2D eigenvalue weighted by atomic mass is 10.1. The van der Waals surface area contributed by atoms with E-state index in [4.69, 9.17) is 11.6 Å². The first-order chi connectivity index (χ1) is 15.8. The number of halogens is 1. The molecule has 176 valence electrons. The number of rotatable bonds is 4. The number of carbonyl (C=O) groups excluding carboxylic acids is 2. The lowest BCUT2D eigenvalue weighted by Crippen LogP contribution is -2.34. The minimum absolute atomic E-state index is 0.00364. The van der Waals surface area contributed by atoms with Gasteiger partial charge in [-0.15, -0.1) is 0 Å². The van der Waals surface area contributed by atoms with Gasteiger partial charge in [0.25, 0.3) is 11.5 Å². The molecule has 0 radical (unpaired) electrons. The number of nitrogens with zero attached hydrogens (tertiary/aromatic N) is 4. The average molecular weight is 474 g/mol. The second-order valence-electron chi connectivity index (χ2n) is 8.59. The Morgan fingerprint density at radius 1 is 1.15 bits per heavy atom. The van der Waals surface area contributed by atoms with E-state index < -0.39 is 0 Å². The summed E-state index contributed by atoms with van der Waals surface area (Å²) < 4.78 is 1.51. The first kappa shape index (κ1) is 23.2. The molecule has 33 heavy (non-hydrogen) atoms. The van der Waals surface area contributed by atoms with Gasteiger partial charge in [-0.05, 0) is 64.4 Å². The van der Waals surface area contributed by atoms with Gasteiger partial charge in [0.05, 0.1) is 0 Å². The maximum Gasteiger partial charge on any atom is 0.274 e. The van der Waals surface area contributed by atoms with Crippen molar-refractivity contribution in [2.75, 3.05) is 37.3 Å². The number of anilines is 3. The molecule has 10 nitrogen and oxygen atoms in total. The van der Waals surface area contributed by atoms with Gasteiger partial charge in [0.2, 0.25) is 5.91 Å². The number of fused-ring (bicyclic) bond motifs is 1. The zero-order valence-electron chi connectivity index (χ0n) is 18.8. The van der Waals surface area contributed by atoms with Crippen LogP contribution in [0.2, 0.25) is 5.02 Å². The van der Waals surface area contributed by atoms with Crippen LogP contribution in [-0.2, 0) is 11.3 Å². The first-order valence-corrected chi connectivity index (χ1v) is 11.5. The second kappa shape index (κ2) is 9.88. The summed E-state index contributed by atoms with van der Waals surface area (Å²) in [5.74, 6) is 0.00978. The van der Waals surface area contributed by atoms with Crippen molar-refractivity contribution in [2.24, 2.45) is 5.92 Å². The Bertz CT molecular complexity index is 1130. The SMILES string of the molecule is Cc1cc(Nc2ncnc(NC(=O)C3CC3)c2Cl)c(=O)n2c1C(=O)NCCCN(C)CCC2. The highest BCUT2D eigenvalue weighted by Gasteiger charge is 2.30. The number of amides is 2. The highest BCUT2D eigenvalue weighted by atomic mass is 35.5. The van der Waals surface area contributed by atoms with Gasteiger partial charge in [0.1, 0.15) is 22.7 Å². The number of hydrogen-bond donors (Lipinski definition) is 3. The molecule has 2 amide bonds. The summed E-state index contributed by atoms with van der Waals surface area (Å²) in [6, 6.07) is 1.63. The molecule has 4 rings (SSSR count). The van der Waals surface area contributed by atoms with Crippen LogP contribution >= 0.6 is 11.6 Å². The molecule has 3 N–H and O–H groups in total. The molecule has 0 atom stereocenters. The fourth-order valence-electron chi connectivity index (χ4n) is 3.89. The summed E-state index contributed by atoms with van der Waals surface area (Å²) in [7, 11) is 2.03. The Morgan fingerprint density at radius 2 is 1.88 bits per heavy atom. The highest BCUT2D eigenvalue weighted by Crippen LogP contribution is 2.33.